The lowest BCUT2D eigenvalue weighted by Crippen LogP contribution is -2.39. The highest BCUT2D eigenvalue weighted by Gasteiger charge is 2.45. The van der Waals surface area contributed by atoms with Gasteiger partial charge in [0.2, 0.25) is 0 Å². The summed E-state index contributed by atoms with van der Waals surface area (Å²) in [4.78, 5) is 0. The lowest BCUT2D eigenvalue weighted by molar-refractivity contribution is -0.176. The molecule has 3 aliphatic rings. The van der Waals surface area contributed by atoms with E-state index in [2.05, 4.69) is 27.7 Å². The molecule has 3 unspecified atom stereocenters. The van der Waals surface area contributed by atoms with Crippen LogP contribution in [0.2, 0.25) is 0 Å². The summed E-state index contributed by atoms with van der Waals surface area (Å²) in [5.74, 6) is 3.75. The molecule has 0 spiro atoms. The van der Waals surface area contributed by atoms with Crippen molar-refractivity contribution in [1.82, 2.24) is 0 Å². The summed E-state index contributed by atoms with van der Waals surface area (Å²) in [6.45, 7) is 9.13. The fraction of sp³-hybridized carbons (Fsp3) is 0.875. The van der Waals surface area contributed by atoms with Crippen molar-refractivity contribution in [3.05, 3.63) is 11.5 Å². The molecule has 0 aromatic rings. The molecule has 0 aromatic heterocycles. The molecule has 4 nitrogen and oxygen atoms in total. The van der Waals surface area contributed by atoms with Crippen molar-refractivity contribution in [2.24, 2.45) is 23.7 Å². The quantitative estimate of drug-likeness (QED) is 0.518. The first kappa shape index (κ1) is 15.6. The Balaban J connectivity index is 0.000000704. The molecule has 0 radical (unpaired) electrons. The second-order valence-corrected chi connectivity index (χ2v) is 6.70. The van der Waals surface area contributed by atoms with E-state index in [1.807, 2.05) is 0 Å². The Kier molecular flexibility index (Phi) is 4.97. The summed E-state index contributed by atoms with van der Waals surface area (Å²) in [5.41, 5.74) is 1.53. The number of ether oxygens (including phenoxy) is 2. The maximum atomic E-state index is 6.10. The molecular formula is C16H28O4. The van der Waals surface area contributed by atoms with E-state index in [4.69, 9.17) is 20.0 Å². The Morgan fingerprint density at radius 3 is 2.20 bits per heavy atom. The first-order valence-electron chi connectivity index (χ1n) is 7.85. The average Bonchev–Trinajstić information content (AvgIpc) is 2.60. The van der Waals surface area contributed by atoms with Crippen LogP contribution in [-0.2, 0) is 9.47 Å². The zero-order chi connectivity index (χ0) is 14.9. The summed E-state index contributed by atoms with van der Waals surface area (Å²) in [7, 11) is 0. The topological polar surface area (TPSA) is 58.9 Å². The van der Waals surface area contributed by atoms with Gasteiger partial charge in [0.25, 0.3) is 5.95 Å². The van der Waals surface area contributed by atoms with Gasteiger partial charge in [-0.25, -0.2) is 0 Å². The molecule has 0 aromatic carbocycles. The number of rotatable bonds is 0. The van der Waals surface area contributed by atoms with Crippen molar-refractivity contribution in [1.29, 1.82) is 0 Å². The van der Waals surface area contributed by atoms with Gasteiger partial charge in [-0.3, -0.25) is 10.5 Å². The van der Waals surface area contributed by atoms with Gasteiger partial charge < -0.3 is 9.47 Å². The minimum absolute atomic E-state index is 0.299. The monoisotopic (exact) mass is 284 g/mol. The third kappa shape index (κ3) is 2.68. The molecule has 2 N–H and O–H groups in total. The summed E-state index contributed by atoms with van der Waals surface area (Å²) in [6.07, 6.45) is 5.75. The Morgan fingerprint density at radius 1 is 0.850 bits per heavy atom. The first-order valence-corrected chi connectivity index (χ1v) is 7.85. The van der Waals surface area contributed by atoms with Crippen LogP contribution in [-0.4, -0.2) is 22.7 Å². The van der Waals surface area contributed by atoms with Crippen LogP contribution in [0.25, 0.3) is 0 Å². The fourth-order valence-corrected chi connectivity index (χ4v) is 4.09. The van der Waals surface area contributed by atoms with Crippen LogP contribution in [0.5, 0.6) is 0 Å². The SMILES string of the molecule is CC1CCC2C3=C(O1)O[C@@H](C)[C@H](C)C3CC[C@H]2C.OO. The molecule has 2 heterocycles. The molecular weight excluding hydrogens is 256 g/mol. The van der Waals surface area contributed by atoms with Gasteiger partial charge in [0.1, 0.15) is 6.10 Å². The average molecular weight is 284 g/mol. The van der Waals surface area contributed by atoms with Crippen LogP contribution in [0, 0.1) is 23.7 Å². The van der Waals surface area contributed by atoms with Crippen LogP contribution in [0.4, 0.5) is 0 Å². The smallest absolute Gasteiger partial charge is 0.279 e. The van der Waals surface area contributed by atoms with E-state index in [0.717, 1.165) is 11.9 Å². The van der Waals surface area contributed by atoms with Gasteiger partial charge in [-0.15, -0.1) is 0 Å². The van der Waals surface area contributed by atoms with E-state index in [0.29, 0.717) is 30.0 Å². The second kappa shape index (κ2) is 6.35. The Hall–Kier alpha value is -0.740. The van der Waals surface area contributed by atoms with E-state index in [-0.39, 0.29) is 0 Å². The third-order valence-electron chi connectivity index (χ3n) is 5.52. The maximum absolute atomic E-state index is 6.10. The van der Waals surface area contributed by atoms with Gasteiger partial charge in [0.05, 0.1) is 6.10 Å². The molecule has 1 fully saturated rings. The molecule has 4 heteroatoms. The van der Waals surface area contributed by atoms with E-state index < -0.39 is 0 Å². The van der Waals surface area contributed by atoms with Gasteiger partial charge in [0.15, 0.2) is 0 Å². The molecule has 116 valence electrons. The number of allylic oxidation sites excluding steroid dienone is 1. The molecule has 3 rings (SSSR count). The fourth-order valence-electron chi connectivity index (χ4n) is 4.09. The zero-order valence-corrected chi connectivity index (χ0v) is 13.0. The predicted molar refractivity (Wildman–Crippen MR) is 77.2 cm³/mol. The van der Waals surface area contributed by atoms with Crippen molar-refractivity contribution in [2.45, 2.75) is 65.6 Å². The lowest BCUT2D eigenvalue weighted by atomic mass is 9.64. The van der Waals surface area contributed by atoms with E-state index in [1.54, 1.807) is 0 Å². The highest BCUT2D eigenvalue weighted by molar-refractivity contribution is 5.21. The Bertz CT molecular complexity index is 361. The summed E-state index contributed by atoms with van der Waals surface area (Å²) >= 11 is 0. The van der Waals surface area contributed by atoms with Crippen LogP contribution in [0.3, 0.4) is 0 Å². The molecule has 0 saturated heterocycles. The minimum Gasteiger partial charge on any atom is -0.462 e. The highest BCUT2D eigenvalue weighted by Crippen LogP contribution is 2.50. The molecule has 1 aliphatic carbocycles. The van der Waals surface area contributed by atoms with Crippen molar-refractivity contribution in [3.8, 4) is 0 Å². The normalized spacial score (nSPS) is 43.3. The summed E-state index contributed by atoms with van der Waals surface area (Å²) in [6, 6.07) is 0. The van der Waals surface area contributed by atoms with Gasteiger partial charge >= 0.3 is 0 Å². The van der Waals surface area contributed by atoms with Gasteiger partial charge in [-0.05, 0) is 63.2 Å². The molecule has 0 amide bonds. The molecule has 0 bridgehead atoms. The molecule has 20 heavy (non-hydrogen) atoms. The van der Waals surface area contributed by atoms with Gasteiger partial charge in [-0.2, -0.15) is 0 Å². The van der Waals surface area contributed by atoms with Crippen molar-refractivity contribution in [2.75, 3.05) is 0 Å². The predicted octanol–water partition coefficient (Wildman–Crippen LogP) is 4.13. The van der Waals surface area contributed by atoms with Gasteiger partial charge in [0, 0.05) is 5.57 Å². The zero-order valence-electron chi connectivity index (χ0n) is 13.0. The first-order chi connectivity index (χ1) is 9.58. The maximum Gasteiger partial charge on any atom is 0.279 e. The third-order valence-corrected chi connectivity index (χ3v) is 5.52. The van der Waals surface area contributed by atoms with Crippen LogP contribution in [0.1, 0.15) is 53.4 Å². The minimum atomic E-state index is 0.299. The van der Waals surface area contributed by atoms with Gasteiger partial charge in [-0.1, -0.05) is 13.8 Å². The Morgan fingerprint density at radius 2 is 1.50 bits per heavy atom. The number of hydrogen-bond donors (Lipinski definition) is 2. The van der Waals surface area contributed by atoms with Crippen LogP contribution < -0.4 is 0 Å². The summed E-state index contributed by atoms with van der Waals surface area (Å²) < 4.78 is 12.2. The van der Waals surface area contributed by atoms with Crippen molar-refractivity contribution < 1.29 is 20.0 Å². The van der Waals surface area contributed by atoms with E-state index in [9.17, 15) is 0 Å². The lowest BCUT2D eigenvalue weighted by Gasteiger charge is -2.44. The van der Waals surface area contributed by atoms with Crippen LogP contribution >= 0.6 is 0 Å². The Labute approximate surface area is 121 Å². The summed E-state index contributed by atoms with van der Waals surface area (Å²) in [5, 5.41) is 12.0. The number of hydrogen-bond acceptors (Lipinski definition) is 4. The van der Waals surface area contributed by atoms with E-state index >= 15 is 0 Å². The van der Waals surface area contributed by atoms with Crippen LogP contribution in [0.15, 0.2) is 11.5 Å². The van der Waals surface area contributed by atoms with Crippen molar-refractivity contribution in [3.63, 3.8) is 0 Å². The molecule has 6 atom stereocenters. The largest absolute Gasteiger partial charge is 0.462 e. The highest BCUT2D eigenvalue weighted by atomic mass is 17.0. The standard InChI is InChI=1S/C16H26O2.H2O2/c1-9-5-7-14-11(3)12(4)18-16-15(14)13(9)8-6-10(2)17-16;1-2/h9-14H,5-8H2,1-4H3;1-2H/t9-,10?,11+,12+,13?,14?;/m1./s1. The molecule has 1 saturated carbocycles. The van der Waals surface area contributed by atoms with Crippen molar-refractivity contribution >= 4 is 0 Å². The second-order valence-electron chi connectivity index (χ2n) is 6.70. The molecule has 2 aliphatic heterocycles. The van der Waals surface area contributed by atoms with E-state index in [1.165, 1.54) is 31.3 Å².